The molecule has 0 radical (unpaired) electrons. The maximum absolute atomic E-state index is 16.7. The summed E-state index contributed by atoms with van der Waals surface area (Å²) in [7, 11) is 0. The fraction of sp³-hybridized carbons (Fsp3) is 0.321. The van der Waals surface area contributed by atoms with Gasteiger partial charge in [0.1, 0.15) is 19.0 Å². The third-order valence-corrected chi connectivity index (χ3v) is 7.46. The monoisotopic (exact) mass is 567 g/mol. The SMILES string of the molecule is CC(=O)O[C@]1(C)[C@@H](COC(=O)c2ccccc2)O[C@H](n2cnc3c(NCc4ccccc4Cl)ncnc32)[C@]1(C)F. The molecule has 40 heavy (non-hydrogen) atoms. The molecule has 1 N–H and O–H groups in total. The lowest BCUT2D eigenvalue weighted by Crippen LogP contribution is -2.55. The molecule has 1 saturated heterocycles. The van der Waals surface area contributed by atoms with Crippen LogP contribution in [0.2, 0.25) is 5.02 Å². The zero-order valence-electron chi connectivity index (χ0n) is 22.0. The van der Waals surface area contributed by atoms with Crippen molar-refractivity contribution in [2.75, 3.05) is 11.9 Å². The number of carbonyl (C=O) groups excluding carboxylic acids is 2. The van der Waals surface area contributed by atoms with Crippen molar-refractivity contribution in [2.45, 2.75) is 50.9 Å². The van der Waals surface area contributed by atoms with E-state index in [2.05, 4.69) is 20.3 Å². The van der Waals surface area contributed by atoms with Gasteiger partial charge in [0.05, 0.1) is 11.9 Å². The standard InChI is InChI=1S/C28H27ClFN5O5/c1-17(36)40-28(3)21(14-38-25(37)18-9-5-4-6-10-18)39-26(27(28,2)30)35-16-34-22-23(32-15-33-24(22)35)31-13-19-11-7-8-12-20(19)29/h4-12,15-16,21,26H,13-14H2,1-3H3,(H,31,32,33)/t21-,26+,27+,28-/m1/s1. The fourth-order valence-corrected chi connectivity index (χ4v) is 4.95. The lowest BCUT2D eigenvalue weighted by Gasteiger charge is -2.36. The summed E-state index contributed by atoms with van der Waals surface area (Å²) >= 11 is 6.27. The van der Waals surface area contributed by atoms with E-state index in [1.807, 2.05) is 18.2 Å². The van der Waals surface area contributed by atoms with E-state index in [1.54, 1.807) is 36.4 Å². The molecule has 10 nitrogen and oxygen atoms in total. The number of anilines is 1. The highest BCUT2D eigenvalue weighted by Crippen LogP contribution is 2.51. The zero-order chi connectivity index (χ0) is 28.5. The smallest absolute Gasteiger partial charge is 0.338 e. The number of fused-ring (bicyclic) bond motifs is 1. The van der Waals surface area contributed by atoms with Crippen LogP contribution >= 0.6 is 11.6 Å². The maximum Gasteiger partial charge on any atom is 0.338 e. The van der Waals surface area contributed by atoms with Crippen LogP contribution in [0.3, 0.4) is 0 Å². The van der Waals surface area contributed by atoms with E-state index in [0.29, 0.717) is 28.5 Å². The van der Waals surface area contributed by atoms with Gasteiger partial charge in [-0.25, -0.2) is 24.1 Å². The van der Waals surface area contributed by atoms with E-state index in [0.717, 1.165) is 5.56 Å². The summed E-state index contributed by atoms with van der Waals surface area (Å²) in [6.07, 6.45) is 0.245. The molecule has 2 aromatic carbocycles. The van der Waals surface area contributed by atoms with Crippen LogP contribution in [0.5, 0.6) is 0 Å². The molecule has 2 aromatic heterocycles. The van der Waals surface area contributed by atoms with Gasteiger partial charge in [0.25, 0.3) is 0 Å². The van der Waals surface area contributed by atoms with Gasteiger partial charge >= 0.3 is 11.9 Å². The first-order chi connectivity index (χ1) is 19.1. The minimum absolute atomic E-state index is 0.289. The molecule has 0 amide bonds. The number of aromatic nitrogens is 4. The van der Waals surface area contributed by atoms with E-state index < -0.39 is 35.5 Å². The molecule has 0 spiro atoms. The topological polar surface area (TPSA) is 117 Å². The van der Waals surface area contributed by atoms with E-state index in [1.165, 1.54) is 38.0 Å². The average Bonchev–Trinajstić information content (AvgIpc) is 3.43. The Kier molecular flexibility index (Phi) is 7.43. The minimum atomic E-state index is -2.29. The van der Waals surface area contributed by atoms with Gasteiger partial charge in [0.15, 0.2) is 34.5 Å². The first-order valence-electron chi connectivity index (χ1n) is 12.5. The van der Waals surface area contributed by atoms with Gasteiger partial charge in [-0.15, -0.1) is 0 Å². The third-order valence-electron chi connectivity index (χ3n) is 7.09. The van der Waals surface area contributed by atoms with Crippen LogP contribution in [-0.2, 0) is 25.5 Å². The number of hydrogen-bond acceptors (Lipinski definition) is 9. The quantitative estimate of drug-likeness (QED) is 0.297. The second-order valence-electron chi connectivity index (χ2n) is 9.71. The number of hydrogen-bond donors (Lipinski definition) is 1. The number of alkyl halides is 1. The molecular weight excluding hydrogens is 541 g/mol. The van der Waals surface area contributed by atoms with Crippen LogP contribution in [0.1, 0.15) is 42.9 Å². The molecule has 0 bridgehead atoms. The Labute approximate surface area is 234 Å². The van der Waals surface area contributed by atoms with Gasteiger partial charge in [0.2, 0.25) is 0 Å². The molecule has 12 heteroatoms. The van der Waals surface area contributed by atoms with Crippen molar-refractivity contribution in [1.82, 2.24) is 19.5 Å². The fourth-order valence-electron chi connectivity index (χ4n) is 4.74. The van der Waals surface area contributed by atoms with E-state index in [4.69, 9.17) is 25.8 Å². The van der Waals surface area contributed by atoms with Crippen molar-refractivity contribution in [3.8, 4) is 0 Å². The number of benzene rings is 2. The second kappa shape index (κ2) is 10.8. The first kappa shape index (κ1) is 27.5. The maximum atomic E-state index is 16.7. The van der Waals surface area contributed by atoms with Crippen molar-refractivity contribution in [2.24, 2.45) is 0 Å². The van der Waals surface area contributed by atoms with Gasteiger partial charge in [-0.05, 0) is 37.6 Å². The van der Waals surface area contributed by atoms with Crippen LogP contribution in [0.15, 0.2) is 67.3 Å². The number of esters is 2. The number of carbonyl (C=O) groups is 2. The van der Waals surface area contributed by atoms with Crippen LogP contribution in [0.4, 0.5) is 10.2 Å². The number of rotatable bonds is 8. The molecule has 208 valence electrons. The van der Waals surface area contributed by atoms with Gasteiger partial charge in [-0.1, -0.05) is 48.0 Å². The molecule has 4 atom stereocenters. The van der Waals surface area contributed by atoms with Crippen molar-refractivity contribution < 1.29 is 28.2 Å². The Morgan fingerprint density at radius 3 is 2.55 bits per heavy atom. The molecule has 4 aromatic rings. The van der Waals surface area contributed by atoms with E-state index >= 15 is 4.39 Å². The summed E-state index contributed by atoms with van der Waals surface area (Å²) in [5, 5.41) is 3.80. The summed E-state index contributed by atoms with van der Waals surface area (Å²) in [6.45, 7) is 3.88. The van der Waals surface area contributed by atoms with Crippen LogP contribution in [0.25, 0.3) is 11.2 Å². The van der Waals surface area contributed by atoms with Gasteiger partial charge < -0.3 is 19.5 Å². The number of nitrogens with zero attached hydrogens (tertiary/aromatic N) is 4. The van der Waals surface area contributed by atoms with Crippen LogP contribution in [0, 0.1) is 0 Å². The Hall–Kier alpha value is -4.09. The molecule has 5 rings (SSSR count). The largest absolute Gasteiger partial charge is 0.459 e. The summed E-state index contributed by atoms with van der Waals surface area (Å²) < 4.78 is 35.2. The number of imidazole rings is 1. The van der Waals surface area contributed by atoms with Crippen molar-refractivity contribution in [1.29, 1.82) is 0 Å². The van der Waals surface area contributed by atoms with Crippen LogP contribution in [-0.4, -0.2) is 55.4 Å². The average molecular weight is 568 g/mol. The first-order valence-corrected chi connectivity index (χ1v) is 12.9. The van der Waals surface area contributed by atoms with E-state index in [-0.39, 0.29) is 12.3 Å². The predicted octanol–water partition coefficient (Wildman–Crippen LogP) is 4.90. The normalized spacial score (nSPS) is 24.1. The summed E-state index contributed by atoms with van der Waals surface area (Å²) in [5.74, 6) is -0.911. The lowest BCUT2D eigenvalue weighted by atomic mass is 9.84. The summed E-state index contributed by atoms with van der Waals surface area (Å²) in [5.41, 5.74) is -2.25. The highest BCUT2D eigenvalue weighted by molar-refractivity contribution is 6.31. The molecule has 1 fully saturated rings. The number of ether oxygens (including phenoxy) is 3. The van der Waals surface area contributed by atoms with Crippen molar-refractivity contribution in [3.05, 3.63) is 83.4 Å². The lowest BCUT2D eigenvalue weighted by molar-refractivity contribution is -0.175. The molecule has 1 aliphatic heterocycles. The molecule has 0 saturated carbocycles. The Balaban J connectivity index is 1.43. The Morgan fingerprint density at radius 2 is 1.82 bits per heavy atom. The molecule has 0 aliphatic carbocycles. The minimum Gasteiger partial charge on any atom is -0.459 e. The predicted molar refractivity (Wildman–Crippen MR) is 144 cm³/mol. The van der Waals surface area contributed by atoms with Gasteiger partial charge in [-0.3, -0.25) is 9.36 Å². The van der Waals surface area contributed by atoms with Gasteiger partial charge in [-0.2, -0.15) is 0 Å². The zero-order valence-corrected chi connectivity index (χ0v) is 22.8. The molecule has 1 aliphatic rings. The van der Waals surface area contributed by atoms with Gasteiger partial charge in [0, 0.05) is 18.5 Å². The Bertz CT molecular complexity index is 1550. The van der Waals surface area contributed by atoms with Crippen molar-refractivity contribution >= 4 is 40.5 Å². The summed E-state index contributed by atoms with van der Waals surface area (Å²) in [4.78, 5) is 37.6. The summed E-state index contributed by atoms with van der Waals surface area (Å²) in [6, 6.07) is 15.7. The third kappa shape index (κ3) is 4.98. The Morgan fingerprint density at radius 1 is 1.10 bits per heavy atom. The van der Waals surface area contributed by atoms with Crippen LogP contribution < -0.4 is 5.32 Å². The van der Waals surface area contributed by atoms with Crippen molar-refractivity contribution in [3.63, 3.8) is 0 Å². The highest BCUT2D eigenvalue weighted by atomic mass is 35.5. The number of halogens is 2. The number of nitrogens with one attached hydrogen (secondary N) is 1. The molecular formula is C28H27ClFN5O5. The van der Waals surface area contributed by atoms with E-state index in [9.17, 15) is 9.59 Å². The highest BCUT2D eigenvalue weighted by Gasteiger charge is 2.66. The molecule has 3 heterocycles. The molecule has 0 unspecified atom stereocenters. The second-order valence-corrected chi connectivity index (χ2v) is 10.1.